The summed E-state index contributed by atoms with van der Waals surface area (Å²) in [7, 11) is 1.66. The van der Waals surface area contributed by atoms with Crippen molar-refractivity contribution < 1.29 is 9.53 Å². The van der Waals surface area contributed by atoms with Crippen molar-refractivity contribution >= 4 is 11.6 Å². The van der Waals surface area contributed by atoms with E-state index in [9.17, 15) is 4.79 Å². The molecule has 0 unspecified atom stereocenters. The first-order valence-corrected chi connectivity index (χ1v) is 7.78. The number of anilines is 1. The lowest BCUT2D eigenvalue weighted by Crippen LogP contribution is -2.29. The zero-order valence-electron chi connectivity index (χ0n) is 14.0. The molecule has 0 aliphatic heterocycles. The second-order valence-electron chi connectivity index (χ2n) is 5.70. The van der Waals surface area contributed by atoms with Gasteiger partial charge in [0, 0.05) is 5.69 Å². The van der Waals surface area contributed by atoms with Crippen molar-refractivity contribution in [2.45, 2.75) is 20.3 Å². The van der Waals surface area contributed by atoms with E-state index in [4.69, 9.17) is 4.74 Å². The molecule has 0 aliphatic rings. The van der Waals surface area contributed by atoms with Crippen molar-refractivity contribution in [2.75, 3.05) is 25.5 Å². The van der Waals surface area contributed by atoms with Crippen molar-refractivity contribution in [3.63, 3.8) is 0 Å². The van der Waals surface area contributed by atoms with Crippen LogP contribution in [0.4, 0.5) is 5.69 Å². The van der Waals surface area contributed by atoms with Gasteiger partial charge in [-0.25, -0.2) is 0 Å². The fourth-order valence-electron chi connectivity index (χ4n) is 2.51. The highest BCUT2D eigenvalue weighted by atomic mass is 16.5. The molecule has 1 amide bonds. The summed E-state index contributed by atoms with van der Waals surface area (Å²) in [5.41, 5.74) is 4.33. The van der Waals surface area contributed by atoms with E-state index in [-0.39, 0.29) is 5.91 Å². The Morgan fingerprint density at radius 1 is 1.09 bits per heavy atom. The maximum atomic E-state index is 12.0. The third-order valence-electron chi connectivity index (χ3n) is 3.52. The molecule has 0 heterocycles. The first-order valence-electron chi connectivity index (χ1n) is 7.78. The Bertz CT molecular complexity index is 648. The molecule has 0 fully saturated rings. The molecule has 2 N–H and O–H groups in total. The second-order valence-corrected chi connectivity index (χ2v) is 5.70. The highest BCUT2D eigenvalue weighted by molar-refractivity contribution is 5.92. The van der Waals surface area contributed by atoms with Gasteiger partial charge in [0.25, 0.3) is 0 Å². The number of nitrogens with one attached hydrogen (secondary N) is 2. The lowest BCUT2D eigenvalue weighted by Gasteiger charge is -2.09. The average molecular weight is 312 g/mol. The number of carbonyl (C=O) groups is 1. The Hall–Kier alpha value is -2.33. The summed E-state index contributed by atoms with van der Waals surface area (Å²) < 4.78 is 5.20. The van der Waals surface area contributed by atoms with Gasteiger partial charge in [-0.3, -0.25) is 4.79 Å². The number of methoxy groups -OCH3 is 1. The second kappa shape index (κ2) is 8.34. The Morgan fingerprint density at radius 3 is 2.52 bits per heavy atom. The van der Waals surface area contributed by atoms with Crippen molar-refractivity contribution in [3.05, 3.63) is 59.2 Å². The van der Waals surface area contributed by atoms with Gasteiger partial charge in [-0.1, -0.05) is 18.2 Å². The van der Waals surface area contributed by atoms with Crippen LogP contribution in [0.3, 0.4) is 0 Å². The lowest BCUT2D eigenvalue weighted by molar-refractivity contribution is -0.115. The lowest BCUT2D eigenvalue weighted by atomic mass is 10.1. The van der Waals surface area contributed by atoms with Gasteiger partial charge in [-0.2, -0.15) is 0 Å². The van der Waals surface area contributed by atoms with Crippen LogP contribution in [0.5, 0.6) is 5.75 Å². The van der Waals surface area contributed by atoms with Gasteiger partial charge in [0.1, 0.15) is 5.75 Å². The average Bonchev–Trinajstić information content (AvgIpc) is 2.51. The van der Waals surface area contributed by atoms with E-state index in [1.54, 1.807) is 7.11 Å². The minimum Gasteiger partial charge on any atom is -0.497 e. The predicted octanol–water partition coefficient (Wildman–Crippen LogP) is 3.08. The van der Waals surface area contributed by atoms with Crippen LogP contribution in [-0.2, 0) is 11.2 Å². The van der Waals surface area contributed by atoms with Crippen LogP contribution < -0.4 is 15.4 Å². The van der Waals surface area contributed by atoms with Gasteiger partial charge >= 0.3 is 0 Å². The smallest absolute Gasteiger partial charge is 0.238 e. The zero-order valence-corrected chi connectivity index (χ0v) is 14.0. The molecular weight excluding hydrogens is 288 g/mol. The molecule has 4 nitrogen and oxygen atoms in total. The van der Waals surface area contributed by atoms with Crippen LogP contribution in [0.25, 0.3) is 0 Å². The number of aryl methyl sites for hydroxylation is 2. The zero-order chi connectivity index (χ0) is 16.7. The first kappa shape index (κ1) is 17.0. The van der Waals surface area contributed by atoms with Crippen LogP contribution in [-0.4, -0.2) is 26.1 Å². The maximum Gasteiger partial charge on any atom is 0.238 e. The van der Waals surface area contributed by atoms with E-state index in [1.807, 2.05) is 44.2 Å². The third kappa shape index (κ3) is 5.75. The van der Waals surface area contributed by atoms with E-state index in [0.29, 0.717) is 6.54 Å². The SMILES string of the molecule is COc1cccc(CCNCC(=O)Nc2cc(C)cc(C)c2)c1. The topological polar surface area (TPSA) is 50.4 Å². The monoisotopic (exact) mass is 312 g/mol. The first-order chi connectivity index (χ1) is 11.1. The summed E-state index contributed by atoms with van der Waals surface area (Å²) in [4.78, 5) is 12.0. The van der Waals surface area contributed by atoms with Gasteiger partial charge in [0.15, 0.2) is 0 Å². The van der Waals surface area contributed by atoms with Crippen LogP contribution in [0.15, 0.2) is 42.5 Å². The van der Waals surface area contributed by atoms with E-state index in [0.717, 1.165) is 35.5 Å². The molecule has 2 aromatic rings. The third-order valence-corrected chi connectivity index (χ3v) is 3.52. The minimum atomic E-state index is -0.0272. The normalized spacial score (nSPS) is 10.4. The molecule has 2 aromatic carbocycles. The number of ether oxygens (including phenoxy) is 1. The predicted molar refractivity (Wildman–Crippen MR) is 94.1 cm³/mol. The molecule has 0 bridgehead atoms. The summed E-state index contributed by atoms with van der Waals surface area (Å²) in [6.07, 6.45) is 0.855. The van der Waals surface area contributed by atoms with Gasteiger partial charge in [-0.05, 0) is 67.8 Å². The Morgan fingerprint density at radius 2 is 1.83 bits per heavy atom. The molecule has 0 aliphatic carbocycles. The van der Waals surface area contributed by atoms with Crippen molar-refractivity contribution in [2.24, 2.45) is 0 Å². The van der Waals surface area contributed by atoms with Gasteiger partial charge in [0.2, 0.25) is 5.91 Å². The largest absolute Gasteiger partial charge is 0.497 e. The maximum absolute atomic E-state index is 12.0. The van der Waals surface area contributed by atoms with Gasteiger partial charge < -0.3 is 15.4 Å². The highest BCUT2D eigenvalue weighted by Crippen LogP contribution is 2.14. The van der Waals surface area contributed by atoms with Crippen LogP contribution in [0, 0.1) is 13.8 Å². The molecule has 4 heteroatoms. The standard InChI is InChI=1S/C19H24N2O2/c1-14-9-15(2)11-17(10-14)21-19(22)13-20-8-7-16-5-4-6-18(12-16)23-3/h4-6,9-12,20H,7-8,13H2,1-3H3,(H,21,22). The number of hydrogen-bond acceptors (Lipinski definition) is 3. The molecule has 0 atom stereocenters. The molecule has 0 aromatic heterocycles. The van der Waals surface area contributed by atoms with Gasteiger partial charge in [0.05, 0.1) is 13.7 Å². The number of amides is 1. The summed E-state index contributed by atoms with van der Waals surface area (Å²) >= 11 is 0. The molecule has 122 valence electrons. The Kier molecular flexibility index (Phi) is 6.18. The van der Waals surface area contributed by atoms with Crippen LogP contribution in [0.1, 0.15) is 16.7 Å². The number of rotatable bonds is 7. The molecule has 0 radical (unpaired) electrons. The van der Waals surface area contributed by atoms with Crippen molar-refractivity contribution in [3.8, 4) is 5.75 Å². The summed E-state index contributed by atoms with van der Waals surface area (Å²) in [6, 6.07) is 14.0. The van der Waals surface area contributed by atoms with Crippen LogP contribution >= 0.6 is 0 Å². The Labute approximate surface area is 137 Å². The minimum absolute atomic E-state index is 0.0272. The molecule has 2 rings (SSSR count). The fourth-order valence-corrected chi connectivity index (χ4v) is 2.51. The molecule has 0 saturated carbocycles. The number of carbonyl (C=O) groups excluding carboxylic acids is 1. The van der Waals surface area contributed by atoms with Crippen molar-refractivity contribution in [1.82, 2.24) is 5.32 Å². The summed E-state index contributed by atoms with van der Waals surface area (Å²) in [5.74, 6) is 0.829. The fraction of sp³-hybridized carbons (Fsp3) is 0.316. The van der Waals surface area contributed by atoms with E-state index in [2.05, 4.69) is 22.8 Å². The summed E-state index contributed by atoms with van der Waals surface area (Å²) in [6.45, 7) is 5.09. The Balaban J connectivity index is 1.74. The van der Waals surface area contributed by atoms with Gasteiger partial charge in [-0.15, -0.1) is 0 Å². The van der Waals surface area contributed by atoms with E-state index >= 15 is 0 Å². The van der Waals surface area contributed by atoms with E-state index < -0.39 is 0 Å². The summed E-state index contributed by atoms with van der Waals surface area (Å²) in [5, 5.41) is 6.09. The number of hydrogen-bond donors (Lipinski definition) is 2. The molecular formula is C19H24N2O2. The molecule has 23 heavy (non-hydrogen) atoms. The molecule has 0 saturated heterocycles. The van der Waals surface area contributed by atoms with Crippen molar-refractivity contribution in [1.29, 1.82) is 0 Å². The van der Waals surface area contributed by atoms with E-state index in [1.165, 1.54) is 5.56 Å². The highest BCUT2D eigenvalue weighted by Gasteiger charge is 2.03. The number of benzene rings is 2. The van der Waals surface area contributed by atoms with Crippen LogP contribution in [0.2, 0.25) is 0 Å². The molecule has 0 spiro atoms. The quantitative estimate of drug-likeness (QED) is 0.773.